The molecule has 2 aliphatic rings. The molecule has 0 aromatic carbocycles. The zero-order chi connectivity index (χ0) is 15.4. The minimum absolute atomic E-state index is 0.116. The highest BCUT2D eigenvalue weighted by Crippen LogP contribution is 2.22. The van der Waals surface area contributed by atoms with E-state index < -0.39 is 5.97 Å². The Kier molecular flexibility index (Phi) is 5.39. The lowest BCUT2D eigenvalue weighted by Crippen LogP contribution is -2.41. The highest BCUT2D eigenvalue weighted by molar-refractivity contribution is 6.01. The second kappa shape index (κ2) is 7.07. The number of nitrogens with zero attached hydrogens (tertiary/aromatic N) is 2. The number of hydrogen-bond acceptors (Lipinski definition) is 3. The van der Waals surface area contributed by atoms with E-state index in [4.69, 9.17) is 5.11 Å². The van der Waals surface area contributed by atoms with Gasteiger partial charge in [0.25, 0.3) is 0 Å². The predicted molar refractivity (Wildman–Crippen MR) is 81.0 cm³/mol. The Labute approximate surface area is 126 Å². The van der Waals surface area contributed by atoms with Gasteiger partial charge in [-0.25, -0.2) is 4.79 Å². The molecule has 1 amide bonds. The van der Waals surface area contributed by atoms with Crippen LogP contribution in [0.25, 0.3) is 0 Å². The molecule has 2 heterocycles. The molecule has 0 bridgehead atoms. The Hall–Kier alpha value is -1.36. The van der Waals surface area contributed by atoms with Crippen molar-refractivity contribution >= 4 is 11.9 Å². The van der Waals surface area contributed by atoms with Gasteiger partial charge in [-0.05, 0) is 58.5 Å². The molecule has 0 aromatic rings. The number of piperidine rings is 1. The van der Waals surface area contributed by atoms with Crippen molar-refractivity contribution in [3.05, 3.63) is 11.1 Å². The van der Waals surface area contributed by atoms with Gasteiger partial charge in [-0.1, -0.05) is 0 Å². The zero-order valence-electron chi connectivity index (χ0n) is 13.1. The van der Waals surface area contributed by atoms with Crippen molar-refractivity contribution in [3.8, 4) is 0 Å². The van der Waals surface area contributed by atoms with Crippen LogP contribution in [0.15, 0.2) is 11.1 Å². The highest BCUT2D eigenvalue weighted by Gasteiger charge is 2.26. The molecule has 2 aliphatic heterocycles. The molecule has 2 saturated heterocycles. The van der Waals surface area contributed by atoms with Crippen LogP contribution in [0.3, 0.4) is 0 Å². The van der Waals surface area contributed by atoms with Crippen LogP contribution >= 0.6 is 0 Å². The molecule has 0 aromatic heterocycles. The maximum absolute atomic E-state index is 12.3. The van der Waals surface area contributed by atoms with Crippen molar-refractivity contribution in [2.45, 2.75) is 39.5 Å². The number of aliphatic carboxylic acids is 1. The number of rotatable bonds is 4. The van der Waals surface area contributed by atoms with Crippen LogP contribution in [0.4, 0.5) is 0 Å². The largest absolute Gasteiger partial charge is 0.478 e. The molecular formula is C16H26N2O3. The van der Waals surface area contributed by atoms with Crippen LogP contribution < -0.4 is 0 Å². The molecule has 0 unspecified atom stereocenters. The summed E-state index contributed by atoms with van der Waals surface area (Å²) >= 11 is 0. The summed E-state index contributed by atoms with van der Waals surface area (Å²) in [6, 6.07) is 0. The van der Waals surface area contributed by atoms with Gasteiger partial charge in [0.2, 0.25) is 5.91 Å². The molecule has 5 heteroatoms. The van der Waals surface area contributed by atoms with Crippen molar-refractivity contribution in [2.75, 3.05) is 32.7 Å². The Morgan fingerprint density at radius 2 is 1.57 bits per heavy atom. The van der Waals surface area contributed by atoms with Crippen LogP contribution in [-0.2, 0) is 9.59 Å². The molecule has 0 saturated carbocycles. The number of carboxylic acid groups (broad SMARTS) is 1. The number of hydrogen-bond donors (Lipinski definition) is 1. The summed E-state index contributed by atoms with van der Waals surface area (Å²) in [6.07, 6.45) is 4.69. The molecule has 0 aliphatic carbocycles. The Morgan fingerprint density at radius 3 is 2.10 bits per heavy atom. The summed E-state index contributed by atoms with van der Waals surface area (Å²) in [5.74, 6) is -0.448. The summed E-state index contributed by atoms with van der Waals surface area (Å²) in [7, 11) is 0. The molecule has 2 fully saturated rings. The van der Waals surface area contributed by atoms with Gasteiger partial charge in [0.1, 0.15) is 0 Å². The SMILES string of the molecule is CC(C(=O)O)=C(C)C(=O)N1CCC(CN2CCCC2)CC1. The van der Waals surface area contributed by atoms with E-state index in [2.05, 4.69) is 4.90 Å². The van der Waals surface area contributed by atoms with Gasteiger partial charge < -0.3 is 14.9 Å². The Morgan fingerprint density at radius 1 is 1.00 bits per heavy atom. The van der Waals surface area contributed by atoms with Gasteiger partial charge in [0, 0.05) is 30.8 Å². The topological polar surface area (TPSA) is 60.9 Å². The van der Waals surface area contributed by atoms with E-state index in [0.29, 0.717) is 11.5 Å². The zero-order valence-corrected chi connectivity index (χ0v) is 13.1. The van der Waals surface area contributed by atoms with E-state index in [-0.39, 0.29) is 11.5 Å². The number of amides is 1. The van der Waals surface area contributed by atoms with Crippen molar-refractivity contribution in [1.82, 2.24) is 9.80 Å². The average molecular weight is 294 g/mol. The van der Waals surface area contributed by atoms with Crippen molar-refractivity contribution < 1.29 is 14.7 Å². The molecule has 5 nitrogen and oxygen atoms in total. The lowest BCUT2D eigenvalue weighted by molar-refractivity contribution is -0.134. The Bertz CT molecular complexity index is 431. The first kappa shape index (κ1) is 16.0. The summed E-state index contributed by atoms with van der Waals surface area (Å²) in [5.41, 5.74) is 0.514. The average Bonchev–Trinajstić information content (AvgIpc) is 2.98. The van der Waals surface area contributed by atoms with Gasteiger partial charge in [0.15, 0.2) is 0 Å². The highest BCUT2D eigenvalue weighted by atomic mass is 16.4. The molecule has 0 atom stereocenters. The molecule has 0 spiro atoms. The molecule has 2 rings (SSSR count). The quantitative estimate of drug-likeness (QED) is 0.802. The number of likely N-dealkylation sites (tertiary alicyclic amines) is 2. The first-order chi connectivity index (χ1) is 9.99. The van der Waals surface area contributed by atoms with E-state index in [1.54, 1.807) is 6.92 Å². The maximum atomic E-state index is 12.3. The van der Waals surface area contributed by atoms with E-state index in [9.17, 15) is 9.59 Å². The maximum Gasteiger partial charge on any atom is 0.331 e. The molecule has 21 heavy (non-hydrogen) atoms. The van der Waals surface area contributed by atoms with E-state index in [1.165, 1.54) is 32.9 Å². The van der Waals surface area contributed by atoms with Gasteiger partial charge in [-0.2, -0.15) is 0 Å². The van der Waals surface area contributed by atoms with Crippen molar-refractivity contribution in [2.24, 2.45) is 5.92 Å². The summed E-state index contributed by atoms with van der Waals surface area (Å²) in [4.78, 5) is 27.6. The first-order valence-corrected chi connectivity index (χ1v) is 7.91. The van der Waals surface area contributed by atoms with E-state index in [1.807, 2.05) is 4.90 Å². The second-order valence-corrected chi connectivity index (χ2v) is 6.30. The third kappa shape index (κ3) is 4.06. The van der Waals surface area contributed by atoms with Crippen LogP contribution in [0.2, 0.25) is 0 Å². The second-order valence-electron chi connectivity index (χ2n) is 6.30. The molecule has 118 valence electrons. The monoisotopic (exact) mass is 294 g/mol. The summed E-state index contributed by atoms with van der Waals surface area (Å²) in [5, 5.41) is 8.97. The van der Waals surface area contributed by atoms with Gasteiger partial charge >= 0.3 is 5.97 Å². The van der Waals surface area contributed by atoms with Crippen LogP contribution in [0.5, 0.6) is 0 Å². The van der Waals surface area contributed by atoms with Crippen molar-refractivity contribution in [3.63, 3.8) is 0 Å². The minimum Gasteiger partial charge on any atom is -0.478 e. The third-order valence-corrected chi connectivity index (χ3v) is 4.82. The van der Waals surface area contributed by atoms with Crippen LogP contribution in [0.1, 0.15) is 39.5 Å². The number of carbonyl (C=O) groups is 2. The summed E-state index contributed by atoms with van der Waals surface area (Å²) < 4.78 is 0. The van der Waals surface area contributed by atoms with Gasteiger partial charge in [0.05, 0.1) is 0 Å². The van der Waals surface area contributed by atoms with Crippen molar-refractivity contribution in [1.29, 1.82) is 0 Å². The molecule has 0 radical (unpaired) electrons. The lowest BCUT2D eigenvalue weighted by atomic mass is 9.95. The number of carboxylic acids is 1. The fraction of sp³-hybridized carbons (Fsp3) is 0.750. The van der Waals surface area contributed by atoms with Gasteiger partial charge in [-0.15, -0.1) is 0 Å². The van der Waals surface area contributed by atoms with E-state index >= 15 is 0 Å². The fourth-order valence-electron chi connectivity index (χ4n) is 3.21. The summed E-state index contributed by atoms with van der Waals surface area (Å²) in [6.45, 7) is 8.21. The normalized spacial score (nSPS) is 22.3. The van der Waals surface area contributed by atoms with Crippen LogP contribution in [-0.4, -0.2) is 59.5 Å². The molecule has 1 N–H and O–H groups in total. The first-order valence-electron chi connectivity index (χ1n) is 7.91. The Balaban J connectivity index is 1.84. The lowest BCUT2D eigenvalue weighted by Gasteiger charge is -2.34. The smallest absolute Gasteiger partial charge is 0.331 e. The third-order valence-electron chi connectivity index (χ3n) is 4.82. The minimum atomic E-state index is -1.01. The molecular weight excluding hydrogens is 268 g/mol. The van der Waals surface area contributed by atoms with Crippen LogP contribution in [0, 0.1) is 5.92 Å². The van der Waals surface area contributed by atoms with Gasteiger partial charge in [-0.3, -0.25) is 4.79 Å². The standard InChI is InChI=1S/C16H26N2O3/c1-12(13(2)16(20)21)15(19)18-9-5-14(6-10-18)11-17-7-3-4-8-17/h14H,3-11H2,1-2H3,(H,20,21). The number of carbonyl (C=O) groups excluding carboxylic acids is 1. The fourth-order valence-corrected chi connectivity index (χ4v) is 3.21. The predicted octanol–water partition coefficient (Wildman–Crippen LogP) is 1.74. The van der Waals surface area contributed by atoms with E-state index in [0.717, 1.165) is 32.5 Å².